The number of carbonyl (C=O) groups excluding carboxylic acids is 4. The van der Waals surface area contributed by atoms with E-state index in [2.05, 4.69) is 32.8 Å². The van der Waals surface area contributed by atoms with Gasteiger partial charge >= 0.3 is 18.1 Å². The van der Waals surface area contributed by atoms with Crippen LogP contribution in [0.3, 0.4) is 0 Å². The van der Waals surface area contributed by atoms with Crippen molar-refractivity contribution in [1.29, 1.82) is 0 Å². The van der Waals surface area contributed by atoms with Crippen molar-refractivity contribution in [3.05, 3.63) is 29.8 Å². The van der Waals surface area contributed by atoms with Crippen molar-refractivity contribution >= 4 is 29.7 Å². The van der Waals surface area contributed by atoms with E-state index in [4.69, 9.17) is 4.74 Å². The fourth-order valence-electron chi connectivity index (χ4n) is 3.21. The zero-order chi connectivity index (χ0) is 25.6. The van der Waals surface area contributed by atoms with Gasteiger partial charge in [-0.15, -0.1) is 5.11 Å². The molecule has 1 heterocycles. The molecule has 0 radical (unpaired) electrons. The molecular formula is C23H34N6O6. The number of unbranched alkanes of at least 4 members (excludes halogenated alkanes) is 2. The summed E-state index contributed by atoms with van der Waals surface area (Å²) < 4.78 is 5.09. The highest BCUT2D eigenvalue weighted by molar-refractivity contribution is 6.01. The Morgan fingerprint density at radius 1 is 1.17 bits per heavy atom. The molecule has 12 heteroatoms. The largest absolute Gasteiger partial charge is 0.466 e. The summed E-state index contributed by atoms with van der Waals surface area (Å²) >= 11 is 0. The third kappa shape index (κ3) is 9.59. The zero-order valence-corrected chi connectivity index (χ0v) is 20.5. The number of urea groups is 1. The second-order valence-corrected chi connectivity index (χ2v) is 8.21. The number of benzene rings is 1. The topological polar surface area (TPSA) is 142 Å². The smallest absolute Gasteiger partial charge is 0.436 e. The van der Waals surface area contributed by atoms with Crippen LogP contribution < -0.4 is 15.5 Å². The molecule has 0 unspecified atom stereocenters. The molecule has 1 saturated heterocycles. The minimum Gasteiger partial charge on any atom is -0.466 e. The van der Waals surface area contributed by atoms with Gasteiger partial charge < -0.3 is 25.2 Å². The molecule has 1 aliphatic rings. The fourth-order valence-corrected chi connectivity index (χ4v) is 3.21. The molecule has 1 aromatic rings. The molecule has 2 rings (SSSR count). The third-order valence-corrected chi connectivity index (χ3v) is 5.18. The molecule has 1 aliphatic heterocycles. The number of nitrogens with one attached hydrogen (secondary N) is 2. The molecule has 2 N–H and O–H groups in total. The van der Waals surface area contributed by atoms with Crippen LogP contribution in [0.5, 0.6) is 0 Å². The Labute approximate surface area is 205 Å². The Kier molecular flexibility index (Phi) is 11.4. The summed E-state index contributed by atoms with van der Waals surface area (Å²) in [5, 5.41) is 12.4. The number of ether oxygens (including phenoxy) is 1. The van der Waals surface area contributed by atoms with Crippen molar-refractivity contribution in [2.24, 2.45) is 10.4 Å². The van der Waals surface area contributed by atoms with Gasteiger partial charge in [0.1, 0.15) is 6.04 Å². The lowest BCUT2D eigenvalue weighted by atomic mass is 10.2. The van der Waals surface area contributed by atoms with Crippen LogP contribution in [0.25, 0.3) is 0 Å². The molecule has 1 atom stereocenters. The Morgan fingerprint density at radius 2 is 1.91 bits per heavy atom. The van der Waals surface area contributed by atoms with Crippen molar-refractivity contribution in [2.75, 3.05) is 38.7 Å². The summed E-state index contributed by atoms with van der Waals surface area (Å²) in [4.78, 5) is 55.2. The average Bonchev–Trinajstić information content (AvgIpc) is 3.19. The lowest BCUT2D eigenvalue weighted by Crippen LogP contribution is -2.46. The monoisotopic (exact) mass is 490 g/mol. The lowest BCUT2D eigenvalue weighted by Gasteiger charge is -2.17. The van der Waals surface area contributed by atoms with Gasteiger partial charge in [-0.25, -0.2) is 9.59 Å². The molecule has 0 saturated carbocycles. The van der Waals surface area contributed by atoms with Crippen molar-refractivity contribution in [3.63, 3.8) is 0 Å². The SMILES string of the molecule is CCCCCOC(=O)CCNC(=O)N[C@H]1CCN(c2ccc(CN=NOC(=O)N(C)C)cc2)C1=O. The number of rotatable bonds is 12. The molecule has 0 spiro atoms. The van der Waals surface area contributed by atoms with Crippen LogP contribution in [0.2, 0.25) is 0 Å². The minimum atomic E-state index is -0.643. The van der Waals surface area contributed by atoms with Crippen LogP contribution in [0.1, 0.15) is 44.6 Å². The first-order chi connectivity index (χ1) is 16.8. The molecular weight excluding hydrogens is 456 g/mol. The number of anilines is 1. The predicted octanol–water partition coefficient (Wildman–Crippen LogP) is 2.78. The first kappa shape index (κ1) is 27.5. The van der Waals surface area contributed by atoms with E-state index in [0.717, 1.165) is 24.8 Å². The van der Waals surface area contributed by atoms with E-state index in [1.807, 2.05) is 0 Å². The zero-order valence-electron chi connectivity index (χ0n) is 20.5. The van der Waals surface area contributed by atoms with Crippen molar-refractivity contribution in [3.8, 4) is 0 Å². The van der Waals surface area contributed by atoms with E-state index in [1.54, 1.807) is 29.2 Å². The standard InChI is InChI=1S/C23H34N6O6/c1-4-5-6-15-34-20(30)11-13-24-22(32)26-19-12-14-29(21(19)31)18-9-7-17(8-10-18)16-25-27-35-23(33)28(2)3/h7-10,19H,4-6,11-16H2,1-3H3,(H2,24,26,32)/t19-/m0/s1. The van der Waals surface area contributed by atoms with Crippen molar-refractivity contribution in [2.45, 2.75) is 51.6 Å². The Balaban J connectivity index is 1.72. The highest BCUT2D eigenvalue weighted by Gasteiger charge is 2.33. The van der Waals surface area contributed by atoms with Gasteiger partial charge in [-0.2, -0.15) is 0 Å². The molecule has 1 aromatic carbocycles. The van der Waals surface area contributed by atoms with Gasteiger partial charge in [-0.3, -0.25) is 14.4 Å². The van der Waals surface area contributed by atoms with Crippen LogP contribution in [0.4, 0.5) is 15.3 Å². The second-order valence-electron chi connectivity index (χ2n) is 8.21. The van der Waals surface area contributed by atoms with Gasteiger partial charge in [0.05, 0.1) is 19.6 Å². The summed E-state index contributed by atoms with van der Waals surface area (Å²) in [5.41, 5.74) is 1.52. The van der Waals surface area contributed by atoms with Gasteiger partial charge in [0.15, 0.2) is 0 Å². The molecule has 0 bridgehead atoms. The van der Waals surface area contributed by atoms with E-state index in [-0.39, 0.29) is 31.4 Å². The second kappa shape index (κ2) is 14.5. The van der Waals surface area contributed by atoms with Crippen LogP contribution >= 0.6 is 0 Å². The molecule has 192 valence electrons. The Bertz CT molecular complexity index is 889. The molecule has 0 aromatic heterocycles. The van der Waals surface area contributed by atoms with E-state index in [1.165, 1.54) is 19.0 Å². The maximum atomic E-state index is 12.7. The van der Waals surface area contributed by atoms with E-state index in [9.17, 15) is 19.2 Å². The highest BCUT2D eigenvalue weighted by atomic mass is 16.7. The van der Waals surface area contributed by atoms with E-state index >= 15 is 0 Å². The van der Waals surface area contributed by atoms with Crippen molar-refractivity contribution in [1.82, 2.24) is 15.5 Å². The number of esters is 1. The van der Waals surface area contributed by atoms with Crippen molar-refractivity contribution < 1.29 is 28.8 Å². The predicted molar refractivity (Wildman–Crippen MR) is 128 cm³/mol. The quantitative estimate of drug-likeness (QED) is 0.200. The van der Waals surface area contributed by atoms with Crippen LogP contribution in [-0.2, 0) is 25.7 Å². The number of nitrogens with zero attached hydrogens (tertiary/aromatic N) is 4. The van der Waals surface area contributed by atoms with Crippen LogP contribution in [0, 0.1) is 0 Å². The highest BCUT2D eigenvalue weighted by Crippen LogP contribution is 2.22. The number of hydrogen-bond acceptors (Lipinski definition) is 8. The number of carbonyl (C=O) groups is 4. The summed E-state index contributed by atoms with van der Waals surface area (Å²) in [7, 11) is 3.08. The summed E-state index contributed by atoms with van der Waals surface area (Å²) in [6.07, 6.45) is 2.82. The lowest BCUT2D eigenvalue weighted by molar-refractivity contribution is -0.143. The van der Waals surface area contributed by atoms with Gasteiger partial charge in [0.25, 0.3) is 0 Å². The third-order valence-electron chi connectivity index (χ3n) is 5.18. The van der Waals surface area contributed by atoms with Crippen LogP contribution in [0.15, 0.2) is 34.7 Å². The fraction of sp³-hybridized carbons (Fsp3) is 0.565. The molecule has 35 heavy (non-hydrogen) atoms. The Morgan fingerprint density at radius 3 is 2.60 bits per heavy atom. The average molecular weight is 491 g/mol. The Hall–Kier alpha value is -3.70. The first-order valence-electron chi connectivity index (χ1n) is 11.7. The molecule has 12 nitrogen and oxygen atoms in total. The summed E-state index contributed by atoms with van der Waals surface area (Å²) in [5.74, 6) is -0.567. The van der Waals surface area contributed by atoms with Gasteiger partial charge in [0.2, 0.25) is 5.91 Å². The number of hydrogen-bond donors (Lipinski definition) is 2. The maximum absolute atomic E-state index is 12.7. The first-order valence-corrected chi connectivity index (χ1v) is 11.7. The minimum absolute atomic E-state index is 0.0777. The van der Waals surface area contributed by atoms with Gasteiger partial charge in [-0.05, 0) is 30.5 Å². The van der Waals surface area contributed by atoms with Gasteiger partial charge in [-0.1, -0.05) is 31.9 Å². The molecule has 1 fully saturated rings. The molecule has 0 aliphatic carbocycles. The summed E-state index contributed by atoms with van der Waals surface area (Å²) in [6.45, 7) is 3.28. The molecule has 4 amide bonds. The van der Waals surface area contributed by atoms with E-state index < -0.39 is 18.2 Å². The van der Waals surface area contributed by atoms with Gasteiger partial charge in [0, 0.05) is 38.1 Å². The van der Waals surface area contributed by atoms with E-state index in [0.29, 0.717) is 25.3 Å². The summed E-state index contributed by atoms with van der Waals surface area (Å²) in [6, 6.07) is 6.01. The maximum Gasteiger partial charge on any atom is 0.436 e. The normalized spacial score (nSPS) is 15.2. The van der Waals surface area contributed by atoms with Crippen LogP contribution in [-0.4, -0.2) is 68.7 Å². The number of amides is 4.